The van der Waals surface area contributed by atoms with Crippen LogP contribution in [0.2, 0.25) is 0 Å². The molecule has 1 aliphatic heterocycles. The van der Waals surface area contributed by atoms with Gasteiger partial charge in [-0.2, -0.15) is 0 Å². The minimum atomic E-state index is -0.282. The molecular weight excluding hydrogens is 272 g/mol. The van der Waals surface area contributed by atoms with E-state index in [0.717, 1.165) is 12.8 Å². The van der Waals surface area contributed by atoms with E-state index >= 15 is 0 Å². The maximum atomic E-state index is 11.8. The summed E-state index contributed by atoms with van der Waals surface area (Å²) in [6, 6.07) is -0.282. The number of aryl methyl sites for hydroxylation is 1. The van der Waals surface area contributed by atoms with Crippen molar-refractivity contribution in [2.75, 3.05) is 11.9 Å². The summed E-state index contributed by atoms with van der Waals surface area (Å²) in [6.07, 6.45) is 7.13. The van der Waals surface area contributed by atoms with Gasteiger partial charge in [-0.15, -0.1) is 0 Å². The molecule has 3 rings (SSSR count). The fraction of sp³-hybridized carbons (Fsp3) is 0.846. The van der Waals surface area contributed by atoms with Crippen molar-refractivity contribution in [2.45, 2.75) is 63.7 Å². The number of rotatable bonds is 5. The number of hydrogen-bond donors (Lipinski definition) is 2. The van der Waals surface area contributed by atoms with Gasteiger partial charge in [0.1, 0.15) is 0 Å². The molecule has 8 heteroatoms. The van der Waals surface area contributed by atoms with Crippen LogP contribution in [0.4, 0.5) is 10.7 Å². The van der Waals surface area contributed by atoms with Crippen LogP contribution in [0.5, 0.6) is 0 Å². The number of carbonyl (C=O) groups is 1. The summed E-state index contributed by atoms with van der Waals surface area (Å²) in [6.45, 7) is 3.12. The Morgan fingerprint density at radius 1 is 1.48 bits per heavy atom. The van der Waals surface area contributed by atoms with Crippen molar-refractivity contribution in [1.29, 1.82) is 0 Å². The quantitative estimate of drug-likeness (QED) is 0.854. The Labute approximate surface area is 123 Å². The molecule has 0 radical (unpaired) electrons. The average Bonchev–Trinajstić information content (AvgIpc) is 3.04. The first kappa shape index (κ1) is 14.2. The third-order valence-electron chi connectivity index (χ3n) is 4.41. The highest BCUT2D eigenvalue weighted by atomic mass is 16.5. The monoisotopic (exact) mass is 294 g/mol. The summed E-state index contributed by atoms with van der Waals surface area (Å²) in [5.74, 6) is 0.362. The lowest BCUT2D eigenvalue weighted by atomic mass is 9.78. The molecule has 1 aromatic heterocycles. The molecule has 2 heterocycles. The zero-order valence-corrected chi connectivity index (χ0v) is 12.3. The van der Waals surface area contributed by atoms with Gasteiger partial charge in [0.2, 0.25) is 0 Å². The number of nitrogens with zero attached hydrogens (tertiary/aromatic N) is 4. The molecule has 1 spiro atoms. The van der Waals surface area contributed by atoms with Crippen LogP contribution in [0.1, 0.15) is 45.4 Å². The van der Waals surface area contributed by atoms with Gasteiger partial charge in [-0.3, -0.25) is 5.32 Å². The van der Waals surface area contributed by atoms with E-state index in [-0.39, 0.29) is 17.7 Å². The van der Waals surface area contributed by atoms with Crippen molar-refractivity contribution < 1.29 is 9.53 Å². The van der Waals surface area contributed by atoms with Crippen LogP contribution in [0.25, 0.3) is 0 Å². The van der Waals surface area contributed by atoms with Crippen LogP contribution in [0.15, 0.2) is 0 Å². The van der Waals surface area contributed by atoms with Crippen LogP contribution < -0.4 is 10.6 Å². The molecular formula is C13H22N6O2. The van der Waals surface area contributed by atoms with Gasteiger partial charge < -0.3 is 10.1 Å². The van der Waals surface area contributed by atoms with Crippen LogP contribution in [-0.2, 0) is 11.3 Å². The molecule has 2 amide bonds. The first-order valence-electron chi connectivity index (χ1n) is 7.70. The van der Waals surface area contributed by atoms with Crippen molar-refractivity contribution >= 4 is 12.0 Å². The number of amides is 2. The lowest BCUT2D eigenvalue weighted by molar-refractivity contribution is -0.0920. The highest BCUT2D eigenvalue weighted by molar-refractivity contribution is 5.87. The van der Waals surface area contributed by atoms with Gasteiger partial charge in [-0.05, 0) is 55.9 Å². The Balaban J connectivity index is 1.36. The summed E-state index contributed by atoms with van der Waals surface area (Å²) in [5, 5.41) is 16.5. The summed E-state index contributed by atoms with van der Waals surface area (Å²) < 4.78 is 7.63. The van der Waals surface area contributed by atoms with E-state index in [4.69, 9.17) is 4.74 Å². The van der Waals surface area contributed by atoms with Crippen molar-refractivity contribution in [1.82, 2.24) is 25.5 Å². The number of ether oxygens (including phenoxy) is 1. The van der Waals surface area contributed by atoms with E-state index < -0.39 is 0 Å². The maximum Gasteiger partial charge on any atom is 0.321 e. The lowest BCUT2D eigenvalue weighted by Gasteiger charge is -2.38. The van der Waals surface area contributed by atoms with Gasteiger partial charge in [0.25, 0.3) is 5.95 Å². The van der Waals surface area contributed by atoms with E-state index in [9.17, 15) is 4.79 Å². The smallest absolute Gasteiger partial charge is 0.321 e. The van der Waals surface area contributed by atoms with Gasteiger partial charge in [-0.25, -0.2) is 9.48 Å². The second kappa shape index (κ2) is 5.97. The molecule has 2 N–H and O–H groups in total. The van der Waals surface area contributed by atoms with E-state index in [1.54, 1.807) is 0 Å². The number of tetrazole rings is 1. The Kier molecular flexibility index (Phi) is 4.05. The van der Waals surface area contributed by atoms with Crippen LogP contribution >= 0.6 is 0 Å². The predicted molar refractivity (Wildman–Crippen MR) is 75.8 cm³/mol. The molecule has 1 aromatic rings. The predicted octanol–water partition coefficient (Wildman–Crippen LogP) is 1.31. The molecule has 0 bridgehead atoms. The summed E-state index contributed by atoms with van der Waals surface area (Å²) in [4.78, 5) is 11.8. The zero-order valence-electron chi connectivity index (χ0n) is 12.3. The number of urea groups is 1. The van der Waals surface area contributed by atoms with E-state index in [1.807, 2.05) is 6.92 Å². The Morgan fingerprint density at radius 3 is 3.00 bits per heavy atom. The van der Waals surface area contributed by atoms with Gasteiger partial charge in [0.15, 0.2) is 0 Å². The largest absolute Gasteiger partial charge is 0.372 e. The van der Waals surface area contributed by atoms with Crippen molar-refractivity contribution in [3.8, 4) is 0 Å². The zero-order chi connectivity index (χ0) is 14.7. The first-order chi connectivity index (χ1) is 10.2. The molecule has 1 atom stereocenters. The number of anilines is 1. The standard InChI is InChI=1S/C13H22N6O2/c1-2-19-11(16-17-18-19)15-12(20)14-9-5-10-4-8-13(21-10)6-3-7-13/h10H,2-9H2,1H3,(H2,14,15,16,18,20). The molecule has 1 unspecified atom stereocenters. The van der Waals surface area contributed by atoms with Crippen LogP contribution in [0, 0.1) is 0 Å². The van der Waals surface area contributed by atoms with Crippen molar-refractivity contribution in [2.24, 2.45) is 0 Å². The number of aromatic nitrogens is 4. The number of carbonyl (C=O) groups excluding carboxylic acids is 1. The minimum absolute atomic E-state index is 0.191. The molecule has 1 saturated heterocycles. The van der Waals surface area contributed by atoms with Gasteiger partial charge >= 0.3 is 6.03 Å². The van der Waals surface area contributed by atoms with Gasteiger partial charge in [0.05, 0.1) is 11.7 Å². The molecule has 2 fully saturated rings. The summed E-state index contributed by atoms with van der Waals surface area (Å²) in [5.41, 5.74) is 0.191. The maximum absolute atomic E-state index is 11.8. The van der Waals surface area contributed by atoms with E-state index in [0.29, 0.717) is 19.0 Å². The van der Waals surface area contributed by atoms with Crippen molar-refractivity contribution in [3.63, 3.8) is 0 Å². The Bertz CT molecular complexity index is 499. The first-order valence-corrected chi connectivity index (χ1v) is 7.70. The average molecular weight is 294 g/mol. The summed E-state index contributed by atoms with van der Waals surface area (Å²) in [7, 11) is 0. The third-order valence-corrected chi connectivity index (χ3v) is 4.41. The lowest BCUT2D eigenvalue weighted by Crippen LogP contribution is -2.37. The van der Waals surface area contributed by atoms with Crippen molar-refractivity contribution in [3.05, 3.63) is 0 Å². The molecule has 116 valence electrons. The van der Waals surface area contributed by atoms with Gasteiger partial charge in [-0.1, -0.05) is 5.10 Å². The summed E-state index contributed by atoms with van der Waals surface area (Å²) >= 11 is 0. The van der Waals surface area contributed by atoms with E-state index in [1.165, 1.54) is 30.4 Å². The Morgan fingerprint density at radius 2 is 2.33 bits per heavy atom. The molecule has 21 heavy (non-hydrogen) atoms. The third kappa shape index (κ3) is 3.15. The minimum Gasteiger partial charge on any atom is -0.372 e. The molecule has 1 aliphatic carbocycles. The van der Waals surface area contributed by atoms with E-state index in [2.05, 4.69) is 26.2 Å². The molecule has 8 nitrogen and oxygen atoms in total. The highest BCUT2D eigenvalue weighted by Crippen LogP contribution is 2.46. The molecule has 0 aromatic carbocycles. The Hall–Kier alpha value is -1.70. The normalized spacial score (nSPS) is 23.0. The SMILES string of the molecule is CCn1nnnc1NC(=O)NCCC1CCC2(CCC2)O1. The molecule has 1 saturated carbocycles. The van der Waals surface area contributed by atoms with Crippen LogP contribution in [0.3, 0.4) is 0 Å². The van der Waals surface area contributed by atoms with Gasteiger partial charge in [0, 0.05) is 13.1 Å². The highest BCUT2D eigenvalue weighted by Gasteiger charge is 2.44. The van der Waals surface area contributed by atoms with Crippen LogP contribution in [-0.4, -0.2) is 44.5 Å². The number of hydrogen-bond acceptors (Lipinski definition) is 5. The second-order valence-electron chi connectivity index (χ2n) is 5.80. The topological polar surface area (TPSA) is 94.0 Å². The second-order valence-corrected chi connectivity index (χ2v) is 5.80. The number of nitrogens with one attached hydrogen (secondary N) is 2. The fourth-order valence-electron chi connectivity index (χ4n) is 3.04. The molecule has 2 aliphatic rings. The fourth-order valence-corrected chi connectivity index (χ4v) is 3.04.